The van der Waals surface area contributed by atoms with Gasteiger partial charge in [0.2, 0.25) is 41.5 Å². The van der Waals surface area contributed by atoms with Gasteiger partial charge in [0.25, 0.3) is 0 Å². The molecule has 14 N–H and O–H groups in total. The van der Waals surface area contributed by atoms with Crippen LogP contribution in [-0.4, -0.2) is 191 Å². The summed E-state index contributed by atoms with van der Waals surface area (Å²) >= 11 is 0. The van der Waals surface area contributed by atoms with Crippen molar-refractivity contribution in [1.82, 2.24) is 68.1 Å². The Morgan fingerprint density at radius 3 is 1.38 bits per heavy atom. The molecule has 2 aliphatic heterocycles. The molecule has 4 amide bonds. The molecule has 2 aliphatic rings. The average molecular weight is 850 g/mol. The number of amides is 4. The van der Waals surface area contributed by atoms with Crippen LogP contribution in [0.3, 0.4) is 0 Å². The number of carbonyl (C=O) groups is 5. The normalized spacial score (nSPS) is 19.2. The lowest BCUT2D eigenvalue weighted by atomic mass is 10.1. The minimum Gasteiger partial charge on any atom is -0.480 e. The van der Waals surface area contributed by atoms with Gasteiger partial charge >= 0.3 is 5.97 Å². The minimum absolute atomic E-state index is 0.243. The summed E-state index contributed by atoms with van der Waals surface area (Å²) in [5, 5.41) is 43.3. The van der Waals surface area contributed by atoms with E-state index in [0.717, 1.165) is 78.5 Å². The summed E-state index contributed by atoms with van der Waals surface area (Å²) in [6.45, 7) is 19.0. The molecule has 5 atom stereocenters. The van der Waals surface area contributed by atoms with Crippen molar-refractivity contribution < 1.29 is 29.1 Å². The van der Waals surface area contributed by atoms with Crippen molar-refractivity contribution in [3.05, 3.63) is 0 Å². The summed E-state index contributed by atoms with van der Waals surface area (Å²) in [7, 11) is 0. The molecule has 0 spiro atoms. The van der Waals surface area contributed by atoms with Crippen molar-refractivity contribution in [2.45, 2.75) is 77.2 Å². The zero-order valence-corrected chi connectivity index (χ0v) is 35.8. The Morgan fingerprint density at radius 2 is 0.967 bits per heavy atom. The molecule has 2 fully saturated rings. The third-order valence-electron chi connectivity index (χ3n) is 9.81. The predicted molar refractivity (Wildman–Crippen MR) is 230 cm³/mol. The first-order chi connectivity index (χ1) is 28.8. The Morgan fingerprint density at radius 1 is 0.567 bits per heavy atom. The van der Waals surface area contributed by atoms with E-state index in [1.54, 1.807) is 0 Å². The number of rotatable bonds is 17. The quantitative estimate of drug-likeness (QED) is 0.0654. The summed E-state index contributed by atoms with van der Waals surface area (Å²) in [6.07, 6.45) is 1.33. The van der Waals surface area contributed by atoms with Crippen LogP contribution in [0, 0.1) is 0 Å². The van der Waals surface area contributed by atoms with Gasteiger partial charge in [0.05, 0.1) is 6.04 Å². The number of aliphatic carboxylic acids is 1. The first-order valence-electron chi connectivity index (χ1n) is 21.3. The lowest BCUT2D eigenvalue weighted by Crippen LogP contribution is -2.56. The SMILES string of the molecule is C[C@H](N)C(=O)N[C@@H](CCCCNc1nc(N2CCNCCNCCNCC2)nc(N2CCNCCNCCNCC2)n1)C(=O)N[C@@H](C)C(=O)N[C@@H](C)C(=O)N[C@@H](C)C(=O)O. The Balaban J connectivity index is 1.69. The maximum atomic E-state index is 13.4. The van der Waals surface area contributed by atoms with Crippen molar-refractivity contribution in [2.24, 2.45) is 5.73 Å². The molecular weight excluding hydrogens is 779 g/mol. The van der Waals surface area contributed by atoms with Gasteiger partial charge in [-0.1, -0.05) is 0 Å². The number of unbranched alkanes of at least 4 members (excludes halogenated alkanes) is 1. The largest absolute Gasteiger partial charge is 0.480 e. The van der Waals surface area contributed by atoms with Crippen LogP contribution in [0.5, 0.6) is 0 Å². The van der Waals surface area contributed by atoms with E-state index in [2.05, 4.69) is 68.3 Å². The van der Waals surface area contributed by atoms with Crippen molar-refractivity contribution in [3.63, 3.8) is 0 Å². The number of nitrogens with two attached hydrogens (primary N) is 1. The number of carbonyl (C=O) groups excluding carboxylic acids is 4. The van der Waals surface area contributed by atoms with Crippen LogP contribution in [0.1, 0.15) is 47.0 Å². The van der Waals surface area contributed by atoms with Crippen molar-refractivity contribution in [2.75, 3.05) is 126 Å². The number of carboxylic acids is 1. The fourth-order valence-electron chi connectivity index (χ4n) is 6.08. The van der Waals surface area contributed by atoms with Crippen LogP contribution in [0.25, 0.3) is 0 Å². The number of hydrogen-bond acceptors (Lipinski definition) is 18. The van der Waals surface area contributed by atoms with Crippen LogP contribution in [0.4, 0.5) is 17.8 Å². The van der Waals surface area contributed by atoms with Gasteiger partial charge < -0.3 is 79.1 Å². The summed E-state index contributed by atoms with van der Waals surface area (Å²) in [5.74, 6) is -2.11. The maximum Gasteiger partial charge on any atom is 0.325 e. The third-order valence-corrected chi connectivity index (χ3v) is 9.81. The molecule has 0 aliphatic carbocycles. The fraction of sp³-hybridized carbons (Fsp3) is 0.784. The summed E-state index contributed by atoms with van der Waals surface area (Å²) in [4.78, 5) is 81.4. The van der Waals surface area contributed by atoms with Crippen molar-refractivity contribution >= 4 is 47.4 Å². The van der Waals surface area contributed by atoms with Crippen LogP contribution in [-0.2, 0) is 24.0 Å². The van der Waals surface area contributed by atoms with E-state index in [0.29, 0.717) is 63.4 Å². The van der Waals surface area contributed by atoms with E-state index in [4.69, 9.17) is 25.8 Å². The van der Waals surface area contributed by atoms with E-state index in [-0.39, 0.29) is 6.42 Å². The van der Waals surface area contributed by atoms with Crippen LogP contribution in [0.15, 0.2) is 0 Å². The molecule has 1 aromatic heterocycles. The number of anilines is 3. The number of aromatic nitrogens is 3. The van der Waals surface area contributed by atoms with Crippen LogP contribution < -0.4 is 74.0 Å². The van der Waals surface area contributed by atoms with Crippen molar-refractivity contribution in [1.29, 1.82) is 0 Å². The van der Waals surface area contributed by atoms with Gasteiger partial charge in [-0.2, -0.15) is 15.0 Å². The summed E-state index contributed by atoms with van der Waals surface area (Å²) in [6, 6.07) is -5.16. The fourth-order valence-corrected chi connectivity index (χ4v) is 6.08. The Bertz CT molecular complexity index is 1400. The van der Waals surface area contributed by atoms with Gasteiger partial charge in [-0.15, -0.1) is 0 Å². The van der Waals surface area contributed by atoms with Gasteiger partial charge in [0.15, 0.2) is 0 Å². The second kappa shape index (κ2) is 28.1. The number of carboxylic acid groups (broad SMARTS) is 1. The molecule has 0 radical (unpaired) electrons. The van der Waals surface area contributed by atoms with E-state index in [1.165, 1.54) is 27.7 Å². The third kappa shape index (κ3) is 19.2. The minimum atomic E-state index is -1.22. The highest BCUT2D eigenvalue weighted by Crippen LogP contribution is 2.17. The molecule has 3 heterocycles. The smallest absolute Gasteiger partial charge is 0.325 e. The highest BCUT2D eigenvalue weighted by molar-refractivity contribution is 5.95. The topological polar surface area (TPSA) is 309 Å². The molecule has 2 saturated heterocycles. The monoisotopic (exact) mass is 850 g/mol. The van der Waals surface area contributed by atoms with Gasteiger partial charge in [-0.3, -0.25) is 24.0 Å². The molecule has 23 nitrogen and oxygen atoms in total. The van der Waals surface area contributed by atoms with Crippen LogP contribution >= 0.6 is 0 Å². The molecule has 23 heteroatoms. The van der Waals surface area contributed by atoms with E-state index in [1.807, 2.05) is 0 Å². The maximum absolute atomic E-state index is 13.4. The molecule has 340 valence electrons. The molecular formula is C37H71N17O6. The van der Waals surface area contributed by atoms with Gasteiger partial charge in [-0.05, 0) is 47.0 Å². The molecule has 3 rings (SSSR count). The van der Waals surface area contributed by atoms with Gasteiger partial charge in [0.1, 0.15) is 24.2 Å². The number of nitrogens with zero attached hydrogens (tertiary/aromatic N) is 5. The molecule has 1 aromatic rings. The molecule has 0 saturated carbocycles. The molecule has 0 bridgehead atoms. The average Bonchev–Trinajstić information content (AvgIpc) is 3.20. The standard InChI is InChI=1S/C37H71N17O6/c1-25(38)30(55)49-29(33(58)47-27(3)31(56)46-26(2)32(57)48-28(4)34(59)60)7-5-6-8-45-35-50-36(53-21-17-41-13-9-39-10-14-42-18-22-53)52-37(51-35)54-23-19-43-15-11-40-12-16-44-20-24-54/h25-29,39-44H,5-24,38H2,1-4H3,(H,46,56)(H,47,58)(H,48,57)(H,49,55)(H,59,60)(H,45,50,51,52)/t25-,26-,27-,28-,29-/m0/s1. The highest BCUT2D eigenvalue weighted by Gasteiger charge is 2.27. The van der Waals surface area contributed by atoms with E-state index >= 15 is 0 Å². The summed E-state index contributed by atoms with van der Waals surface area (Å²) in [5.41, 5.74) is 5.79. The molecule has 0 aromatic carbocycles. The first kappa shape index (κ1) is 49.8. The second-order valence-electron chi connectivity index (χ2n) is 15.0. The first-order valence-corrected chi connectivity index (χ1v) is 21.3. The second-order valence-corrected chi connectivity index (χ2v) is 15.0. The van der Waals surface area contributed by atoms with Crippen LogP contribution in [0.2, 0.25) is 0 Å². The highest BCUT2D eigenvalue weighted by atomic mass is 16.4. The zero-order chi connectivity index (χ0) is 43.7. The number of hydrogen-bond donors (Lipinski definition) is 13. The predicted octanol–water partition coefficient (Wildman–Crippen LogP) is -4.94. The van der Waals surface area contributed by atoms with E-state index in [9.17, 15) is 24.0 Å². The molecule has 0 unspecified atom stereocenters. The lowest BCUT2D eigenvalue weighted by Gasteiger charge is -2.28. The summed E-state index contributed by atoms with van der Waals surface area (Å²) < 4.78 is 0. The zero-order valence-electron chi connectivity index (χ0n) is 35.8. The van der Waals surface area contributed by atoms with Gasteiger partial charge in [0, 0.05) is 111 Å². The number of nitrogens with one attached hydrogen (secondary N) is 11. The molecule has 60 heavy (non-hydrogen) atoms. The van der Waals surface area contributed by atoms with E-state index < -0.39 is 59.8 Å². The lowest BCUT2D eigenvalue weighted by molar-refractivity contribution is -0.141. The Kier molecular flexibility index (Phi) is 23.3. The Labute approximate surface area is 353 Å². The Hall–Kier alpha value is -4.52. The van der Waals surface area contributed by atoms with Gasteiger partial charge in [-0.25, -0.2) is 0 Å². The van der Waals surface area contributed by atoms with Crippen molar-refractivity contribution in [3.8, 4) is 0 Å².